The Morgan fingerprint density at radius 1 is 0.821 bits per heavy atom. The molecule has 1 aliphatic rings. The molecule has 7 nitrogen and oxygen atoms in total. The normalized spacial score (nSPS) is 12.9. The molecule has 2 rings (SSSR count). The van der Waals surface area contributed by atoms with E-state index in [1.165, 1.54) is 0 Å². The lowest BCUT2D eigenvalue weighted by Gasteiger charge is -2.13. The molecule has 1 aromatic rings. The second kappa shape index (κ2) is 11.2. The van der Waals surface area contributed by atoms with Crippen LogP contribution >= 0.6 is 0 Å². The molecule has 0 saturated carbocycles. The minimum atomic E-state index is -0.731. The van der Waals surface area contributed by atoms with Crippen molar-refractivity contribution in [2.75, 3.05) is 13.1 Å². The molecule has 152 valence electrons. The molecule has 1 aromatic carbocycles. The van der Waals surface area contributed by atoms with E-state index in [1.807, 2.05) is 0 Å². The highest BCUT2D eigenvalue weighted by Gasteiger charge is 2.36. The zero-order valence-corrected chi connectivity index (χ0v) is 16.1. The van der Waals surface area contributed by atoms with E-state index in [4.69, 9.17) is 5.11 Å². The average molecular weight is 388 g/mol. The minimum absolute atomic E-state index is 0.247. The average Bonchev–Trinajstić information content (AvgIpc) is 2.91. The Hall–Kier alpha value is -2.70. The Labute approximate surface area is 165 Å². The third-order valence-corrected chi connectivity index (χ3v) is 4.82. The summed E-state index contributed by atoms with van der Waals surface area (Å²) in [6.45, 7) is 0.281. The summed E-state index contributed by atoms with van der Waals surface area (Å²) in [5.41, 5.74) is 0.700. The highest BCUT2D eigenvalue weighted by Crippen LogP contribution is 2.21. The van der Waals surface area contributed by atoms with E-state index < -0.39 is 17.8 Å². The molecule has 1 aliphatic heterocycles. The summed E-state index contributed by atoms with van der Waals surface area (Å²) in [5.74, 6) is -1.89. The second-order valence-corrected chi connectivity index (χ2v) is 7.06. The van der Waals surface area contributed by atoms with Gasteiger partial charge in [-0.15, -0.1) is 0 Å². The highest BCUT2D eigenvalue weighted by atomic mass is 16.4. The second-order valence-electron chi connectivity index (χ2n) is 7.06. The summed E-state index contributed by atoms with van der Waals surface area (Å²) in [7, 11) is 0. The van der Waals surface area contributed by atoms with Crippen molar-refractivity contribution in [2.45, 2.75) is 57.8 Å². The van der Waals surface area contributed by atoms with Crippen molar-refractivity contribution in [3.63, 3.8) is 0 Å². The quantitative estimate of drug-likeness (QED) is 0.399. The maximum atomic E-state index is 12.2. The number of carboxylic acid groups (broad SMARTS) is 1. The summed E-state index contributed by atoms with van der Waals surface area (Å²) in [6, 6.07) is 6.59. The van der Waals surface area contributed by atoms with Gasteiger partial charge < -0.3 is 10.4 Å². The van der Waals surface area contributed by atoms with E-state index in [1.54, 1.807) is 24.3 Å². The summed E-state index contributed by atoms with van der Waals surface area (Å²) in [4.78, 5) is 47.8. The van der Waals surface area contributed by atoms with Gasteiger partial charge in [-0.25, -0.2) is 0 Å². The lowest BCUT2D eigenvalue weighted by Crippen LogP contribution is -2.40. The maximum Gasteiger partial charge on any atom is 0.303 e. The van der Waals surface area contributed by atoms with Crippen molar-refractivity contribution >= 4 is 23.7 Å². The number of rotatable bonds is 13. The van der Waals surface area contributed by atoms with Crippen LogP contribution in [0.5, 0.6) is 0 Å². The number of unbranched alkanes of at least 4 members (excludes halogenated alkanes) is 7. The van der Waals surface area contributed by atoms with Crippen molar-refractivity contribution in [1.82, 2.24) is 10.2 Å². The van der Waals surface area contributed by atoms with Gasteiger partial charge in [-0.1, -0.05) is 50.7 Å². The van der Waals surface area contributed by atoms with E-state index in [2.05, 4.69) is 5.32 Å². The number of imide groups is 1. The fourth-order valence-corrected chi connectivity index (χ4v) is 3.27. The van der Waals surface area contributed by atoms with Gasteiger partial charge in [0.2, 0.25) is 5.91 Å². The predicted molar refractivity (Wildman–Crippen MR) is 104 cm³/mol. The van der Waals surface area contributed by atoms with Crippen LogP contribution in [0.25, 0.3) is 0 Å². The first kappa shape index (κ1) is 21.6. The lowest BCUT2D eigenvalue weighted by atomic mass is 10.1. The molecule has 0 atom stereocenters. The molecule has 0 saturated heterocycles. The van der Waals surface area contributed by atoms with Crippen LogP contribution in [-0.4, -0.2) is 46.8 Å². The molecule has 1 heterocycles. The van der Waals surface area contributed by atoms with Crippen LogP contribution in [-0.2, 0) is 9.59 Å². The number of hydrogen-bond acceptors (Lipinski definition) is 4. The standard InChI is InChI=1S/C21H28N2O5/c24-18(15-23-20(27)16-11-8-9-12-17(16)21(23)28)22-14-10-6-4-2-1-3-5-7-13-19(25)26/h8-9,11-12H,1-7,10,13-15H2,(H,22,24)(H,25,26). The Morgan fingerprint density at radius 3 is 1.86 bits per heavy atom. The van der Waals surface area contributed by atoms with Crippen LogP contribution in [0.2, 0.25) is 0 Å². The molecule has 0 spiro atoms. The number of nitrogens with one attached hydrogen (secondary N) is 1. The van der Waals surface area contributed by atoms with Crippen molar-refractivity contribution < 1.29 is 24.3 Å². The first-order valence-corrected chi connectivity index (χ1v) is 9.94. The maximum absolute atomic E-state index is 12.2. The Morgan fingerprint density at radius 2 is 1.32 bits per heavy atom. The molecule has 28 heavy (non-hydrogen) atoms. The molecule has 2 N–H and O–H groups in total. The first-order valence-electron chi connectivity index (χ1n) is 9.94. The van der Waals surface area contributed by atoms with Gasteiger partial charge in [0.05, 0.1) is 11.1 Å². The number of fused-ring (bicyclic) bond motifs is 1. The van der Waals surface area contributed by atoms with Gasteiger partial charge >= 0.3 is 5.97 Å². The highest BCUT2D eigenvalue weighted by molar-refractivity contribution is 6.22. The third kappa shape index (κ3) is 6.48. The first-order chi connectivity index (χ1) is 13.5. The number of nitrogens with zero attached hydrogens (tertiary/aromatic N) is 1. The molecule has 0 aliphatic carbocycles. The summed E-state index contributed by atoms with van der Waals surface area (Å²) in [6.07, 6.45) is 8.16. The summed E-state index contributed by atoms with van der Waals surface area (Å²) < 4.78 is 0. The minimum Gasteiger partial charge on any atom is -0.481 e. The monoisotopic (exact) mass is 388 g/mol. The van der Waals surface area contributed by atoms with Gasteiger partial charge in [-0.2, -0.15) is 0 Å². The van der Waals surface area contributed by atoms with Crippen LogP contribution in [0.15, 0.2) is 24.3 Å². The largest absolute Gasteiger partial charge is 0.481 e. The fourth-order valence-electron chi connectivity index (χ4n) is 3.27. The molecule has 3 amide bonds. The SMILES string of the molecule is O=C(O)CCCCCCCCCCNC(=O)CN1C(=O)c2ccccc2C1=O. The smallest absolute Gasteiger partial charge is 0.303 e. The summed E-state index contributed by atoms with van der Waals surface area (Å²) in [5, 5.41) is 11.3. The number of carboxylic acids is 1. The molecule has 0 radical (unpaired) electrons. The molecule has 0 unspecified atom stereocenters. The van der Waals surface area contributed by atoms with Gasteiger partial charge in [0, 0.05) is 13.0 Å². The number of aliphatic carboxylic acids is 1. The topological polar surface area (TPSA) is 104 Å². The van der Waals surface area contributed by atoms with Gasteiger partial charge in [0.15, 0.2) is 0 Å². The van der Waals surface area contributed by atoms with Crippen LogP contribution in [0.4, 0.5) is 0 Å². The zero-order valence-electron chi connectivity index (χ0n) is 16.1. The Kier molecular flexibility index (Phi) is 8.65. The van der Waals surface area contributed by atoms with Gasteiger partial charge in [-0.3, -0.25) is 24.1 Å². The predicted octanol–water partition coefficient (Wildman–Crippen LogP) is 2.99. The molecular formula is C21H28N2O5. The molecule has 0 fully saturated rings. The summed E-state index contributed by atoms with van der Waals surface area (Å²) >= 11 is 0. The number of hydrogen-bond donors (Lipinski definition) is 2. The van der Waals surface area contributed by atoms with Crippen molar-refractivity contribution in [3.05, 3.63) is 35.4 Å². The van der Waals surface area contributed by atoms with Crippen molar-refractivity contribution in [3.8, 4) is 0 Å². The van der Waals surface area contributed by atoms with Crippen LogP contribution in [0, 0.1) is 0 Å². The van der Waals surface area contributed by atoms with Crippen LogP contribution < -0.4 is 5.32 Å². The van der Waals surface area contributed by atoms with E-state index >= 15 is 0 Å². The van der Waals surface area contributed by atoms with E-state index in [0.29, 0.717) is 17.7 Å². The van der Waals surface area contributed by atoms with Gasteiger partial charge in [-0.05, 0) is 25.0 Å². The van der Waals surface area contributed by atoms with E-state index in [0.717, 1.165) is 56.3 Å². The Balaban J connectivity index is 1.52. The van der Waals surface area contributed by atoms with Crippen molar-refractivity contribution in [2.24, 2.45) is 0 Å². The number of carbonyl (C=O) groups excluding carboxylic acids is 3. The van der Waals surface area contributed by atoms with Crippen LogP contribution in [0.3, 0.4) is 0 Å². The molecule has 7 heteroatoms. The van der Waals surface area contributed by atoms with E-state index in [9.17, 15) is 19.2 Å². The molecule has 0 aromatic heterocycles. The van der Waals surface area contributed by atoms with Gasteiger partial charge in [0.1, 0.15) is 6.54 Å². The number of carbonyl (C=O) groups is 4. The molecular weight excluding hydrogens is 360 g/mol. The van der Waals surface area contributed by atoms with Crippen LogP contribution in [0.1, 0.15) is 78.5 Å². The molecule has 0 bridgehead atoms. The van der Waals surface area contributed by atoms with E-state index in [-0.39, 0.29) is 18.9 Å². The zero-order chi connectivity index (χ0) is 20.4. The fraction of sp³-hybridized carbons (Fsp3) is 0.524. The Bertz CT molecular complexity index is 682. The lowest BCUT2D eigenvalue weighted by molar-refractivity contribution is -0.137. The van der Waals surface area contributed by atoms with Gasteiger partial charge in [0.25, 0.3) is 11.8 Å². The van der Waals surface area contributed by atoms with Crippen molar-refractivity contribution in [1.29, 1.82) is 0 Å². The number of amides is 3. The third-order valence-electron chi connectivity index (χ3n) is 4.82. The number of benzene rings is 1.